The fourth-order valence-electron chi connectivity index (χ4n) is 3.87. The van der Waals surface area contributed by atoms with E-state index in [0.29, 0.717) is 30.7 Å². The van der Waals surface area contributed by atoms with Crippen molar-refractivity contribution in [2.24, 2.45) is 0 Å². The number of halogens is 3. The summed E-state index contributed by atoms with van der Waals surface area (Å²) >= 11 is 0. The van der Waals surface area contributed by atoms with Crippen LogP contribution in [0.15, 0.2) is 72.9 Å². The van der Waals surface area contributed by atoms with Crippen molar-refractivity contribution < 1.29 is 17.9 Å². The second-order valence-electron chi connectivity index (χ2n) is 8.08. The Morgan fingerprint density at radius 3 is 2.12 bits per heavy atom. The van der Waals surface area contributed by atoms with Crippen molar-refractivity contribution in [1.82, 2.24) is 4.98 Å². The summed E-state index contributed by atoms with van der Waals surface area (Å²) in [4.78, 5) is 4.26. The van der Waals surface area contributed by atoms with Gasteiger partial charge in [0, 0.05) is 11.8 Å². The first-order chi connectivity index (χ1) is 16.5. The first kappa shape index (κ1) is 23.6. The summed E-state index contributed by atoms with van der Waals surface area (Å²) < 4.78 is 48.9. The van der Waals surface area contributed by atoms with Gasteiger partial charge in [-0.15, -0.1) is 0 Å². The number of rotatable bonds is 8. The molecule has 0 aliphatic carbocycles. The minimum atomic E-state index is -0.873. The standard InChI is InChI=1S/C29H26F3NO/c1-3-19-8-15-26(33-18-19)24-14-12-22(28(31)29(24)32)11-7-20-5-9-21(10-6-20)23-13-16-27(34-4-2)25(30)17-23/h5-6,8-10,12-18H,3-4,7,11H2,1-2H3. The number of aromatic nitrogens is 1. The molecule has 0 amide bonds. The topological polar surface area (TPSA) is 22.1 Å². The normalized spacial score (nSPS) is 11.0. The Morgan fingerprint density at radius 2 is 1.47 bits per heavy atom. The zero-order valence-corrected chi connectivity index (χ0v) is 19.2. The Labute approximate surface area is 198 Å². The van der Waals surface area contributed by atoms with Crippen LogP contribution < -0.4 is 4.74 Å². The van der Waals surface area contributed by atoms with Crippen LogP contribution in [0.25, 0.3) is 22.4 Å². The molecule has 1 heterocycles. The van der Waals surface area contributed by atoms with Gasteiger partial charge in [0.1, 0.15) is 0 Å². The Bertz CT molecular complexity index is 1270. The van der Waals surface area contributed by atoms with Crippen LogP contribution in [0.3, 0.4) is 0 Å². The lowest BCUT2D eigenvalue weighted by atomic mass is 9.98. The third kappa shape index (κ3) is 5.14. The first-order valence-corrected chi connectivity index (χ1v) is 11.4. The van der Waals surface area contributed by atoms with Crippen molar-refractivity contribution in [3.05, 3.63) is 107 Å². The number of hydrogen-bond donors (Lipinski definition) is 0. The monoisotopic (exact) mass is 461 g/mol. The second-order valence-corrected chi connectivity index (χ2v) is 8.08. The molecule has 174 valence electrons. The van der Waals surface area contributed by atoms with Gasteiger partial charge >= 0.3 is 0 Å². The van der Waals surface area contributed by atoms with E-state index in [0.717, 1.165) is 28.7 Å². The van der Waals surface area contributed by atoms with Crippen LogP contribution in [0.4, 0.5) is 13.2 Å². The van der Waals surface area contributed by atoms with Gasteiger partial charge in [-0.05, 0) is 78.3 Å². The molecule has 0 saturated carbocycles. The summed E-state index contributed by atoms with van der Waals surface area (Å²) in [6, 6.07) is 19.3. The molecule has 0 spiro atoms. The molecule has 0 N–H and O–H groups in total. The van der Waals surface area contributed by atoms with Crippen molar-refractivity contribution in [3.8, 4) is 28.1 Å². The lowest BCUT2D eigenvalue weighted by Gasteiger charge is -2.10. The molecule has 3 aromatic carbocycles. The quantitative estimate of drug-likeness (QED) is 0.270. The van der Waals surface area contributed by atoms with E-state index in [-0.39, 0.29) is 11.3 Å². The Morgan fingerprint density at radius 1 is 0.735 bits per heavy atom. The summed E-state index contributed by atoms with van der Waals surface area (Å²) in [5.74, 6) is -1.87. The van der Waals surface area contributed by atoms with E-state index in [2.05, 4.69) is 4.98 Å². The van der Waals surface area contributed by atoms with Gasteiger partial charge in [0.25, 0.3) is 0 Å². The van der Waals surface area contributed by atoms with Crippen LogP contribution in [0.5, 0.6) is 5.75 Å². The highest BCUT2D eigenvalue weighted by Gasteiger charge is 2.15. The van der Waals surface area contributed by atoms with Gasteiger partial charge in [0.15, 0.2) is 23.2 Å². The highest BCUT2D eigenvalue weighted by molar-refractivity contribution is 5.65. The largest absolute Gasteiger partial charge is 0.491 e. The molecule has 1 aromatic heterocycles. The van der Waals surface area contributed by atoms with Crippen LogP contribution in [-0.2, 0) is 19.3 Å². The van der Waals surface area contributed by atoms with Crippen molar-refractivity contribution >= 4 is 0 Å². The summed E-state index contributed by atoms with van der Waals surface area (Å²) in [7, 11) is 0. The van der Waals surface area contributed by atoms with Gasteiger partial charge in [0.05, 0.1) is 12.3 Å². The van der Waals surface area contributed by atoms with Crippen LogP contribution >= 0.6 is 0 Å². The van der Waals surface area contributed by atoms with Crippen molar-refractivity contribution in [2.45, 2.75) is 33.1 Å². The molecule has 0 aliphatic heterocycles. The van der Waals surface area contributed by atoms with Gasteiger partial charge < -0.3 is 4.74 Å². The SMILES string of the molecule is CCOc1ccc(-c2ccc(CCc3ccc(-c4ccc(CC)cn4)c(F)c3F)cc2)cc1F. The molecule has 0 saturated heterocycles. The van der Waals surface area contributed by atoms with E-state index >= 15 is 0 Å². The fraction of sp³-hybridized carbons (Fsp3) is 0.207. The average Bonchev–Trinajstić information content (AvgIpc) is 2.87. The lowest BCUT2D eigenvalue weighted by Crippen LogP contribution is -2.00. The summed E-state index contributed by atoms with van der Waals surface area (Å²) in [5.41, 5.74) is 4.54. The molecular formula is C29H26F3NO. The predicted molar refractivity (Wildman–Crippen MR) is 129 cm³/mol. The maximum Gasteiger partial charge on any atom is 0.168 e. The van der Waals surface area contributed by atoms with Gasteiger partial charge in [0.2, 0.25) is 0 Å². The highest BCUT2D eigenvalue weighted by atomic mass is 19.2. The maximum absolute atomic E-state index is 14.8. The van der Waals surface area contributed by atoms with Gasteiger partial charge in [-0.3, -0.25) is 4.98 Å². The Balaban J connectivity index is 1.45. The van der Waals surface area contributed by atoms with Gasteiger partial charge in [-0.25, -0.2) is 13.2 Å². The Hall–Kier alpha value is -3.60. The third-order valence-corrected chi connectivity index (χ3v) is 5.87. The minimum Gasteiger partial charge on any atom is -0.491 e. The lowest BCUT2D eigenvalue weighted by molar-refractivity contribution is 0.321. The minimum absolute atomic E-state index is 0.163. The molecule has 0 atom stereocenters. The summed E-state index contributed by atoms with van der Waals surface area (Å²) in [6.45, 7) is 4.23. The molecule has 0 radical (unpaired) electrons. The molecule has 0 fully saturated rings. The van der Waals surface area contributed by atoms with Gasteiger partial charge in [-0.1, -0.05) is 49.4 Å². The number of nitrogens with zero attached hydrogens (tertiary/aromatic N) is 1. The number of ether oxygens (including phenoxy) is 1. The number of benzene rings is 3. The van der Waals surface area contributed by atoms with Crippen molar-refractivity contribution in [1.29, 1.82) is 0 Å². The van der Waals surface area contributed by atoms with Crippen LogP contribution in [0.2, 0.25) is 0 Å². The van der Waals surface area contributed by atoms with E-state index in [1.807, 2.05) is 50.2 Å². The molecule has 2 nitrogen and oxygen atoms in total. The number of pyridine rings is 1. The van der Waals surface area contributed by atoms with E-state index < -0.39 is 17.5 Å². The summed E-state index contributed by atoms with van der Waals surface area (Å²) in [5, 5.41) is 0. The second kappa shape index (κ2) is 10.6. The predicted octanol–water partition coefficient (Wildman–Crippen LogP) is 7.58. The molecular weight excluding hydrogens is 435 g/mol. The van der Waals surface area contributed by atoms with Crippen LogP contribution in [-0.4, -0.2) is 11.6 Å². The van der Waals surface area contributed by atoms with Crippen LogP contribution in [0.1, 0.15) is 30.5 Å². The average molecular weight is 462 g/mol. The maximum atomic E-state index is 14.8. The molecule has 34 heavy (non-hydrogen) atoms. The summed E-state index contributed by atoms with van der Waals surface area (Å²) in [6.07, 6.45) is 3.44. The van der Waals surface area contributed by atoms with Crippen molar-refractivity contribution in [2.75, 3.05) is 6.61 Å². The van der Waals surface area contributed by atoms with E-state index in [1.54, 1.807) is 30.5 Å². The molecule has 4 aromatic rings. The number of hydrogen-bond acceptors (Lipinski definition) is 2. The fourth-order valence-corrected chi connectivity index (χ4v) is 3.87. The number of aryl methyl sites for hydroxylation is 3. The van der Waals surface area contributed by atoms with Crippen LogP contribution in [0, 0.1) is 17.5 Å². The molecule has 0 bridgehead atoms. The molecule has 0 unspecified atom stereocenters. The molecule has 4 rings (SSSR count). The third-order valence-electron chi connectivity index (χ3n) is 5.87. The Kier molecular flexibility index (Phi) is 7.31. The van der Waals surface area contributed by atoms with Crippen molar-refractivity contribution in [3.63, 3.8) is 0 Å². The van der Waals surface area contributed by atoms with E-state index in [9.17, 15) is 13.2 Å². The smallest absolute Gasteiger partial charge is 0.168 e. The molecule has 0 aliphatic rings. The van der Waals surface area contributed by atoms with E-state index in [1.165, 1.54) is 6.07 Å². The first-order valence-electron chi connectivity index (χ1n) is 11.4. The van der Waals surface area contributed by atoms with Gasteiger partial charge in [-0.2, -0.15) is 0 Å². The zero-order valence-electron chi connectivity index (χ0n) is 19.2. The van der Waals surface area contributed by atoms with E-state index in [4.69, 9.17) is 4.74 Å². The zero-order chi connectivity index (χ0) is 24.1. The highest BCUT2D eigenvalue weighted by Crippen LogP contribution is 2.28. The molecule has 5 heteroatoms.